The Labute approximate surface area is 108 Å². The standard InChI is InChI=1S/C12H23N3O3/c1-9(11(16)17)14-12(18)13-7-8-15(2)10-5-3-4-6-10/h9-10H,3-8H2,1-2H3,(H,16,17)(H2,13,14,18). The number of urea groups is 1. The van der Waals surface area contributed by atoms with Crippen LogP contribution in [0.25, 0.3) is 0 Å². The minimum absolute atomic E-state index is 0.426. The van der Waals surface area contributed by atoms with Crippen molar-refractivity contribution in [3.63, 3.8) is 0 Å². The number of likely N-dealkylation sites (N-methyl/N-ethyl adjacent to an activating group) is 1. The summed E-state index contributed by atoms with van der Waals surface area (Å²) in [5, 5.41) is 13.7. The fourth-order valence-corrected chi connectivity index (χ4v) is 2.18. The second-order valence-electron chi connectivity index (χ2n) is 4.88. The Hall–Kier alpha value is -1.30. The van der Waals surface area contributed by atoms with Crippen LogP contribution in [-0.2, 0) is 4.79 Å². The van der Waals surface area contributed by atoms with Gasteiger partial charge < -0.3 is 20.6 Å². The van der Waals surface area contributed by atoms with Crippen LogP contribution in [0.1, 0.15) is 32.6 Å². The lowest BCUT2D eigenvalue weighted by molar-refractivity contribution is -0.138. The molecule has 0 bridgehead atoms. The van der Waals surface area contributed by atoms with Crippen molar-refractivity contribution in [3.8, 4) is 0 Å². The van der Waals surface area contributed by atoms with Crippen molar-refractivity contribution in [2.45, 2.75) is 44.7 Å². The Morgan fingerprint density at radius 1 is 1.39 bits per heavy atom. The Balaban J connectivity index is 2.13. The van der Waals surface area contributed by atoms with Crippen LogP contribution in [-0.4, -0.2) is 54.2 Å². The van der Waals surface area contributed by atoms with Crippen LogP contribution in [0, 0.1) is 0 Å². The molecule has 18 heavy (non-hydrogen) atoms. The van der Waals surface area contributed by atoms with Gasteiger partial charge in [0.15, 0.2) is 0 Å². The van der Waals surface area contributed by atoms with Crippen molar-refractivity contribution >= 4 is 12.0 Å². The smallest absolute Gasteiger partial charge is 0.325 e. The van der Waals surface area contributed by atoms with Gasteiger partial charge in [-0.25, -0.2) is 4.79 Å². The summed E-state index contributed by atoms with van der Waals surface area (Å²) < 4.78 is 0. The lowest BCUT2D eigenvalue weighted by Gasteiger charge is -2.24. The van der Waals surface area contributed by atoms with Gasteiger partial charge in [0.1, 0.15) is 6.04 Å². The highest BCUT2D eigenvalue weighted by atomic mass is 16.4. The molecular formula is C12H23N3O3. The molecule has 0 aliphatic heterocycles. The molecule has 1 atom stereocenters. The van der Waals surface area contributed by atoms with Crippen molar-refractivity contribution in [3.05, 3.63) is 0 Å². The van der Waals surface area contributed by atoms with E-state index in [0.717, 1.165) is 6.54 Å². The molecule has 0 aromatic carbocycles. The van der Waals surface area contributed by atoms with Gasteiger partial charge in [-0.1, -0.05) is 12.8 Å². The van der Waals surface area contributed by atoms with Gasteiger partial charge in [0.25, 0.3) is 0 Å². The van der Waals surface area contributed by atoms with Crippen LogP contribution in [0.4, 0.5) is 4.79 Å². The van der Waals surface area contributed by atoms with Crippen LogP contribution in [0.15, 0.2) is 0 Å². The summed E-state index contributed by atoms with van der Waals surface area (Å²) in [6, 6.07) is -0.657. The Bertz CT molecular complexity index is 290. The Morgan fingerprint density at radius 3 is 2.56 bits per heavy atom. The highest BCUT2D eigenvalue weighted by Gasteiger charge is 2.19. The third-order valence-corrected chi connectivity index (χ3v) is 3.42. The number of rotatable bonds is 6. The first-order valence-electron chi connectivity index (χ1n) is 6.48. The van der Waals surface area contributed by atoms with Gasteiger partial charge >= 0.3 is 12.0 Å². The molecule has 0 aromatic heterocycles. The highest BCUT2D eigenvalue weighted by Crippen LogP contribution is 2.21. The molecule has 1 aliphatic rings. The summed E-state index contributed by atoms with van der Waals surface area (Å²) in [7, 11) is 2.06. The zero-order valence-electron chi connectivity index (χ0n) is 11.1. The first-order valence-corrected chi connectivity index (χ1v) is 6.48. The zero-order chi connectivity index (χ0) is 13.5. The van der Waals surface area contributed by atoms with E-state index < -0.39 is 18.0 Å². The number of carboxylic acids is 1. The number of carbonyl (C=O) groups excluding carboxylic acids is 1. The summed E-state index contributed by atoms with van der Waals surface area (Å²) in [5.74, 6) is -1.03. The molecule has 6 heteroatoms. The molecule has 0 aromatic rings. The average Bonchev–Trinajstić information content (AvgIpc) is 2.81. The maximum absolute atomic E-state index is 11.4. The van der Waals surface area contributed by atoms with Crippen molar-refractivity contribution < 1.29 is 14.7 Å². The monoisotopic (exact) mass is 257 g/mol. The van der Waals surface area contributed by atoms with E-state index >= 15 is 0 Å². The summed E-state index contributed by atoms with van der Waals surface area (Å²) in [5.41, 5.74) is 0. The topological polar surface area (TPSA) is 81.7 Å². The predicted molar refractivity (Wildman–Crippen MR) is 68.5 cm³/mol. The molecule has 1 fully saturated rings. The fraction of sp³-hybridized carbons (Fsp3) is 0.833. The summed E-state index contributed by atoms with van der Waals surface area (Å²) in [6.45, 7) is 2.76. The SMILES string of the molecule is CC(NC(=O)NCCN(C)C1CCCC1)C(=O)O. The quantitative estimate of drug-likeness (QED) is 0.652. The number of amides is 2. The first kappa shape index (κ1) is 14.8. The van der Waals surface area contributed by atoms with E-state index in [4.69, 9.17) is 5.11 Å². The normalized spacial score (nSPS) is 17.7. The van der Waals surface area contributed by atoms with Crippen molar-refractivity contribution in [1.82, 2.24) is 15.5 Å². The van der Waals surface area contributed by atoms with E-state index in [1.54, 1.807) is 0 Å². The average molecular weight is 257 g/mol. The number of carboxylic acid groups (broad SMARTS) is 1. The number of nitrogens with zero attached hydrogens (tertiary/aromatic N) is 1. The van der Waals surface area contributed by atoms with Crippen LogP contribution in [0.3, 0.4) is 0 Å². The van der Waals surface area contributed by atoms with E-state index in [0.29, 0.717) is 12.6 Å². The van der Waals surface area contributed by atoms with E-state index in [9.17, 15) is 9.59 Å². The molecule has 0 radical (unpaired) electrons. The minimum atomic E-state index is -1.03. The van der Waals surface area contributed by atoms with E-state index in [2.05, 4.69) is 22.6 Å². The van der Waals surface area contributed by atoms with E-state index in [-0.39, 0.29) is 0 Å². The molecule has 0 saturated heterocycles. The molecule has 0 heterocycles. The maximum atomic E-state index is 11.4. The Morgan fingerprint density at radius 2 is 2.00 bits per heavy atom. The molecule has 1 aliphatic carbocycles. The second kappa shape index (κ2) is 7.20. The molecule has 104 valence electrons. The number of hydrogen-bond acceptors (Lipinski definition) is 3. The Kier molecular flexibility index (Phi) is 5.91. The fourth-order valence-electron chi connectivity index (χ4n) is 2.18. The summed E-state index contributed by atoms with van der Waals surface area (Å²) >= 11 is 0. The molecule has 3 N–H and O–H groups in total. The predicted octanol–water partition coefficient (Wildman–Crippen LogP) is 0.633. The zero-order valence-corrected chi connectivity index (χ0v) is 11.1. The number of nitrogens with one attached hydrogen (secondary N) is 2. The van der Waals surface area contributed by atoms with Gasteiger partial charge in [0, 0.05) is 19.1 Å². The molecule has 1 saturated carbocycles. The first-order chi connectivity index (χ1) is 8.50. The number of carbonyl (C=O) groups is 2. The van der Waals surface area contributed by atoms with Crippen molar-refractivity contribution in [2.75, 3.05) is 20.1 Å². The molecule has 0 spiro atoms. The second-order valence-corrected chi connectivity index (χ2v) is 4.88. The molecular weight excluding hydrogens is 234 g/mol. The van der Waals surface area contributed by atoms with Crippen molar-refractivity contribution in [2.24, 2.45) is 0 Å². The van der Waals surface area contributed by atoms with Gasteiger partial charge in [-0.3, -0.25) is 4.79 Å². The van der Waals surface area contributed by atoms with E-state index in [1.165, 1.54) is 32.6 Å². The lowest BCUT2D eigenvalue weighted by atomic mass is 10.2. The molecule has 1 unspecified atom stereocenters. The number of hydrogen-bond donors (Lipinski definition) is 3. The summed E-state index contributed by atoms with van der Waals surface area (Å²) in [6.07, 6.45) is 5.05. The van der Waals surface area contributed by atoms with Gasteiger partial charge in [0.05, 0.1) is 0 Å². The van der Waals surface area contributed by atoms with Gasteiger partial charge in [-0.2, -0.15) is 0 Å². The van der Waals surface area contributed by atoms with Crippen LogP contribution < -0.4 is 10.6 Å². The van der Waals surface area contributed by atoms with Gasteiger partial charge in [-0.15, -0.1) is 0 Å². The van der Waals surface area contributed by atoms with Crippen LogP contribution >= 0.6 is 0 Å². The lowest BCUT2D eigenvalue weighted by Crippen LogP contribution is -2.46. The van der Waals surface area contributed by atoms with Crippen LogP contribution in [0.5, 0.6) is 0 Å². The minimum Gasteiger partial charge on any atom is -0.480 e. The third-order valence-electron chi connectivity index (χ3n) is 3.42. The van der Waals surface area contributed by atoms with Gasteiger partial charge in [0.2, 0.25) is 0 Å². The summed E-state index contributed by atoms with van der Waals surface area (Å²) in [4.78, 5) is 24.2. The van der Waals surface area contributed by atoms with E-state index in [1.807, 2.05) is 0 Å². The molecule has 2 amide bonds. The maximum Gasteiger partial charge on any atom is 0.325 e. The third kappa shape index (κ3) is 4.91. The number of aliphatic carboxylic acids is 1. The van der Waals surface area contributed by atoms with Crippen LogP contribution in [0.2, 0.25) is 0 Å². The largest absolute Gasteiger partial charge is 0.480 e. The highest BCUT2D eigenvalue weighted by molar-refractivity contribution is 5.82. The molecule has 1 rings (SSSR count). The molecule has 6 nitrogen and oxygen atoms in total. The van der Waals surface area contributed by atoms with Crippen molar-refractivity contribution in [1.29, 1.82) is 0 Å². The van der Waals surface area contributed by atoms with Gasteiger partial charge in [-0.05, 0) is 26.8 Å².